The second kappa shape index (κ2) is 10.4. The summed E-state index contributed by atoms with van der Waals surface area (Å²) < 4.78 is 0. The number of hydrogen-bond acceptors (Lipinski definition) is 2. The van der Waals surface area contributed by atoms with Gasteiger partial charge in [-0.2, -0.15) is 11.8 Å². The molecule has 1 N–H and O–H groups in total. The fourth-order valence-corrected chi connectivity index (χ4v) is 3.87. The zero-order valence-corrected chi connectivity index (χ0v) is 16.9. The van der Waals surface area contributed by atoms with Crippen molar-refractivity contribution in [1.82, 2.24) is 10.2 Å². The monoisotopic (exact) mass is 433 g/mol. The standard InChI is InChI=1S/C17H27N3S.HI/c1-14(2)16-13-20(11-12-21-16)17(18-3)19-10-9-15-7-5-4-6-8-15;/h4-8,14,16H,9-13H2,1-3H3,(H,18,19);1H. The van der Waals surface area contributed by atoms with E-state index in [0.29, 0.717) is 5.25 Å². The summed E-state index contributed by atoms with van der Waals surface area (Å²) >= 11 is 2.10. The Hall–Kier alpha value is -0.430. The van der Waals surface area contributed by atoms with Crippen molar-refractivity contribution in [2.75, 3.05) is 32.4 Å². The Bertz CT molecular complexity index is 450. The summed E-state index contributed by atoms with van der Waals surface area (Å²) in [6, 6.07) is 10.6. The van der Waals surface area contributed by atoms with Crippen LogP contribution in [0.1, 0.15) is 19.4 Å². The molecule has 1 aliphatic rings. The Morgan fingerprint density at radius 3 is 2.73 bits per heavy atom. The number of aliphatic imine (C=N–C) groups is 1. The lowest BCUT2D eigenvalue weighted by Gasteiger charge is -2.36. The molecule has 0 saturated carbocycles. The van der Waals surface area contributed by atoms with Crippen LogP contribution in [0.2, 0.25) is 0 Å². The first-order valence-corrected chi connectivity index (χ1v) is 8.86. The molecule has 3 nitrogen and oxygen atoms in total. The Balaban J connectivity index is 0.00000242. The summed E-state index contributed by atoms with van der Waals surface area (Å²) in [5.41, 5.74) is 1.37. The molecule has 0 aliphatic carbocycles. The summed E-state index contributed by atoms with van der Waals surface area (Å²) in [7, 11) is 1.89. The van der Waals surface area contributed by atoms with Gasteiger partial charge in [0.15, 0.2) is 5.96 Å². The van der Waals surface area contributed by atoms with E-state index in [4.69, 9.17) is 0 Å². The third-order valence-corrected chi connectivity index (χ3v) is 5.43. The highest BCUT2D eigenvalue weighted by atomic mass is 127. The van der Waals surface area contributed by atoms with Gasteiger partial charge in [-0.25, -0.2) is 0 Å². The van der Waals surface area contributed by atoms with E-state index >= 15 is 0 Å². The van der Waals surface area contributed by atoms with Gasteiger partial charge in [0.05, 0.1) is 0 Å². The molecule has 1 aliphatic heterocycles. The summed E-state index contributed by atoms with van der Waals surface area (Å²) in [6.07, 6.45) is 1.04. The molecule has 1 aromatic rings. The minimum atomic E-state index is 0. The van der Waals surface area contributed by atoms with E-state index in [0.717, 1.165) is 37.9 Å². The topological polar surface area (TPSA) is 27.6 Å². The van der Waals surface area contributed by atoms with Gasteiger partial charge in [-0.1, -0.05) is 44.2 Å². The van der Waals surface area contributed by atoms with E-state index in [9.17, 15) is 0 Å². The van der Waals surface area contributed by atoms with Crippen molar-refractivity contribution in [2.24, 2.45) is 10.9 Å². The first-order chi connectivity index (χ1) is 10.2. The van der Waals surface area contributed by atoms with E-state index < -0.39 is 0 Å². The molecule has 0 aromatic heterocycles. The quantitative estimate of drug-likeness (QED) is 0.448. The number of benzene rings is 1. The van der Waals surface area contributed by atoms with E-state index in [1.807, 2.05) is 7.05 Å². The maximum absolute atomic E-state index is 4.46. The second-order valence-corrected chi connectivity index (χ2v) is 7.16. The average Bonchev–Trinajstić information content (AvgIpc) is 2.52. The number of hydrogen-bond donors (Lipinski definition) is 1. The SMILES string of the molecule is CN=C(NCCc1ccccc1)N1CCSC(C(C)C)C1.I. The molecule has 2 rings (SSSR count). The maximum atomic E-state index is 4.46. The molecule has 0 amide bonds. The Morgan fingerprint density at radius 2 is 2.09 bits per heavy atom. The highest BCUT2D eigenvalue weighted by Crippen LogP contribution is 2.24. The Labute approximate surface area is 156 Å². The number of nitrogens with one attached hydrogen (secondary N) is 1. The summed E-state index contributed by atoms with van der Waals surface area (Å²) in [5, 5.41) is 4.23. The summed E-state index contributed by atoms with van der Waals surface area (Å²) in [6.45, 7) is 7.76. The molecule has 1 aromatic carbocycles. The number of nitrogens with zero attached hydrogens (tertiary/aromatic N) is 2. The zero-order chi connectivity index (χ0) is 15.1. The van der Waals surface area contributed by atoms with E-state index in [2.05, 4.69) is 71.2 Å². The third kappa shape index (κ3) is 5.99. The highest BCUT2D eigenvalue weighted by molar-refractivity contribution is 14.0. The molecular weight excluding hydrogens is 405 g/mol. The van der Waals surface area contributed by atoms with Crippen LogP contribution >= 0.6 is 35.7 Å². The van der Waals surface area contributed by atoms with E-state index in [1.54, 1.807) is 0 Å². The van der Waals surface area contributed by atoms with Crippen molar-refractivity contribution in [2.45, 2.75) is 25.5 Å². The highest BCUT2D eigenvalue weighted by Gasteiger charge is 2.24. The van der Waals surface area contributed by atoms with Crippen molar-refractivity contribution in [3.8, 4) is 0 Å². The van der Waals surface area contributed by atoms with Gasteiger partial charge in [-0.05, 0) is 17.9 Å². The van der Waals surface area contributed by atoms with Gasteiger partial charge in [-0.15, -0.1) is 24.0 Å². The van der Waals surface area contributed by atoms with Gasteiger partial charge < -0.3 is 10.2 Å². The number of rotatable bonds is 4. The maximum Gasteiger partial charge on any atom is 0.193 e. The van der Waals surface area contributed by atoms with Gasteiger partial charge in [0.25, 0.3) is 0 Å². The molecular formula is C17H28IN3S. The first kappa shape index (κ1) is 19.6. The van der Waals surface area contributed by atoms with E-state index in [1.165, 1.54) is 11.3 Å². The molecule has 1 heterocycles. The van der Waals surface area contributed by atoms with Crippen LogP contribution < -0.4 is 5.32 Å². The molecule has 22 heavy (non-hydrogen) atoms. The largest absolute Gasteiger partial charge is 0.356 e. The van der Waals surface area contributed by atoms with Gasteiger partial charge in [0.2, 0.25) is 0 Å². The number of halogens is 1. The second-order valence-electron chi connectivity index (χ2n) is 5.81. The molecule has 1 unspecified atom stereocenters. The molecule has 0 spiro atoms. The van der Waals surface area contributed by atoms with Crippen LogP contribution in [0.15, 0.2) is 35.3 Å². The fraction of sp³-hybridized carbons (Fsp3) is 0.588. The van der Waals surface area contributed by atoms with Gasteiger partial charge >= 0.3 is 0 Å². The lowest BCUT2D eigenvalue weighted by atomic mass is 10.1. The molecule has 5 heteroatoms. The van der Waals surface area contributed by atoms with Crippen LogP contribution in [-0.2, 0) is 6.42 Å². The van der Waals surface area contributed by atoms with Crippen LogP contribution in [0.4, 0.5) is 0 Å². The van der Waals surface area contributed by atoms with Crippen LogP contribution in [0.25, 0.3) is 0 Å². The first-order valence-electron chi connectivity index (χ1n) is 7.82. The van der Waals surface area contributed by atoms with Crippen molar-refractivity contribution in [1.29, 1.82) is 0 Å². The normalized spacial score (nSPS) is 19.0. The number of thioether (sulfide) groups is 1. The van der Waals surface area contributed by atoms with Gasteiger partial charge in [0.1, 0.15) is 0 Å². The summed E-state index contributed by atoms with van der Waals surface area (Å²) in [4.78, 5) is 6.87. The summed E-state index contributed by atoms with van der Waals surface area (Å²) in [5.74, 6) is 2.97. The van der Waals surface area contributed by atoms with E-state index in [-0.39, 0.29) is 24.0 Å². The van der Waals surface area contributed by atoms with Crippen molar-refractivity contribution < 1.29 is 0 Å². The molecule has 1 saturated heterocycles. The van der Waals surface area contributed by atoms with Crippen molar-refractivity contribution in [3.05, 3.63) is 35.9 Å². The predicted molar refractivity (Wildman–Crippen MR) is 110 cm³/mol. The Kier molecular flexibility index (Phi) is 9.24. The van der Waals surface area contributed by atoms with Crippen molar-refractivity contribution in [3.63, 3.8) is 0 Å². The molecule has 0 bridgehead atoms. The van der Waals surface area contributed by atoms with Crippen molar-refractivity contribution >= 4 is 41.7 Å². The third-order valence-electron chi connectivity index (χ3n) is 3.89. The average molecular weight is 433 g/mol. The van der Waals surface area contributed by atoms with Gasteiger partial charge in [-0.3, -0.25) is 4.99 Å². The van der Waals surface area contributed by atoms with Crippen LogP contribution in [0.3, 0.4) is 0 Å². The van der Waals surface area contributed by atoms with Gasteiger partial charge in [0, 0.05) is 37.7 Å². The molecule has 1 atom stereocenters. The Morgan fingerprint density at radius 1 is 1.36 bits per heavy atom. The van der Waals surface area contributed by atoms with Crippen LogP contribution in [0.5, 0.6) is 0 Å². The zero-order valence-electron chi connectivity index (χ0n) is 13.8. The minimum absolute atomic E-state index is 0. The lowest BCUT2D eigenvalue weighted by Crippen LogP contribution is -2.49. The fourth-order valence-electron chi connectivity index (χ4n) is 2.57. The van der Waals surface area contributed by atoms with Crippen LogP contribution in [-0.4, -0.2) is 48.5 Å². The lowest BCUT2D eigenvalue weighted by molar-refractivity contribution is 0.381. The molecule has 124 valence electrons. The molecule has 1 fully saturated rings. The smallest absolute Gasteiger partial charge is 0.193 e. The van der Waals surface area contributed by atoms with Crippen LogP contribution in [0, 0.1) is 5.92 Å². The molecule has 0 radical (unpaired) electrons. The number of guanidine groups is 1. The minimum Gasteiger partial charge on any atom is -0.356 e. The predicted octanol–water partition coefficient (Wildman–Crippen LogP) is 3.50.